The van der Waals surface area contributed by atoms with Gasteiger partial charge in [-0.1, -0.05) is 0 Å². The summed E-state index contributed by atoms with van der Waals surface area (Å²) in [5.41, 5.74) is -0.539. The quantitative estimate of drug-likeness (QED) is 0.397. The van der Waals surface area contributed by atoms with Crippen LogP contribution in [0.2, 0.25) is 0 Å². The van der Waals surface area contributed by atoms with E-state index in [-0.39, 0.29) is 48.3 Å². The molecule has 1 fully saturated rings. The van der Waals surface area contributed by atoms with Gasteiger partial charge in [0.15, 0.2) is 17.0 Å². The van der Waals surface area contributed by atoms with Crippen LogP contribution in [0.15, 0.2) is 40.6 Å². The van der Waals surface area contributed by atoms with Gasteiger partial charge in [-0.15, -0.1) is 0 Å². The SMILES string of the molecule is Cn1c(=O)c2c(ncn2CC(=O)Nc2ccnc(-c3cnc(N4CCCC4C(F)(F)F)nc3)n2)n(C)c1=O. The number of aromatic nitrogens is 8. The minimum Gasteiger partial charge on any atom is -0.329 e. The van der Waals surface area contributed by atoms with Crippen LogP contribution in [0.5, 0.6) is 0 Å². The molecule has 0 bridgehead atoms. The van der Waals surface area contributed by atoms with Gasteiger partial charge in [0.2, 0.25) is 11.9 Å². The van der Waals surface area contributed by atoms with Crippen LogP contribution >= 0.6 is 0 Å². The molecule has 1 saturated heterocycles. The van der Waals surface area contributed by atoms with Crippen LogP contribution in [0.25, 0.3) is 22.6 Å². The fourth-order valence-electron chi connectivity index (χ4n) is 4.35. The van der Waals surface area contributed by atoms with E-state index in [1.807, 2.05) is 0 Å². The second-order valence-electron chi connectivity index (χ2n) is 8.73. The fraction of sp³-hybridized carbons (Fsp3) is 0.364. The summed E-state index contributed by atoms with van der Waals surface area (Å²) in [5, 5.41) is 2.60. The lowest BCUT2D eigenvalue weighted by atomic mass is 10.2. The second kappa shape index (κ2) is 9.35. The van der Waals surface area contributed by atoms with Gasteiger partial charge in [-0.05, 0) is 18.9 Å². The molecule has 1 aliphatic rings. The highest BCUT2D eigenvalue weighted by Crippen LogP contribution is 2.34. The molecule has 13 nitrogen and oxygen atoms in total. The van der Waals surface area contributed by atoms with Gasteiger partial charge >= 0.3 is 11.9 Å². The van der Waals surface area contributed by atoms with E-state index in [2.05, 4.69) is 30.2 Å². The number of carbonyl (C=O) groups excluding carboxylic acids is 1. The molecule has 0 aliphatic carbocycles. The van der Waals surface area contributed by atoms with Gasteiger partial charge in [-0.2, -0.15) is 13.2 Å². The number of amides is 1. The molecular weight excluding hydrogens is 509 g/mol. The van der Waals surface area contributed by atoms with Gasteiger partial charge in [0, 0.05) is 39.2 Å². The van der Waals surface area contributed by atoms with Gasteiger partial charge in [0.25, 0.3) is 5.56 Å². The number of halogens is 3. The maximum Gasteiger partial charge on any atom is 0.408 e. The van der Waals surface area contributed by atoms with Crippen LogP contribution in [0.4, 0.5) is 24.9 Å². The Bertz CT molecular complexity index is 1640. The number of hydrogen-bond donors (Lipinski definition) is 1. The first-order chi connectivity index (χ1) is 18.0. The summed E-state index contributed by atoms with van der Waals surface area (Å²) in [6.45, 7) is -0.0760. The Balaban J connectivity index is 1.32. The van der Waals surface area contributed by atoms with Crippen molar-refractivity contribution in [3.63, 3.8) is 0 Å². The molecule has 1 N–H and O–H groups in total. The maximum absolute atomic E-state index is 13.3. The number of aryl methyl sites for hydroxylation is 1. The van der Waals surface area contributed by atoms with Crippen LogP contribution in [0.3, 0.4) is 0 Å². The number of nitrogens with zero attached hydrogens (tertiary/aromatic N) is 9. The summed E-state index contributed by atoms with van der Waals surface area (Å²) in [7, 11) is 2.81. The number of nitrogens with one attached hydrogen (secondary N) is 1. The highest BCUT2D eigenvalue weighted by molar-refractivity contribution is 5.90. The largest absolute Gasteiger partial charge is 0.408 e. The number of anilines is 2. The summed E-state index contributed by atoms with van der Waals surface area (Å²) >= 11 is 0. The standard InChI is InChI=1S/C22H21F3N10O3/c1-32-18-16(19(37)33(2)21(32)38)34(11-29-18)10-15(36)30-14-5-6-26-17(31-14)12-8-27-20(28-9-12)35-7-3-4-13(35)22(23,24)25/h5-6,8-9,11,13H,3-4,7,10H2,1-2H3,(H,26,30,31,36). The molecule has 1 atom stereocenters. The predicted molar refractivity (Wildman–Crippen MR) is 128 cm³/mol. The van der Waals surface area contributed by atoms with Crippen LogP contribution in [0, 0.1) is 0 Å². The number of alkyl halides is 3. The third-order valence-corrected chi connectivity index (χ3v) is 6.24. The third kappa shape index (κ3) is 4.48. The molecule has 0 aromatic carbocycles. The Kier molecular flexibility index (Phi) is 6.16. The van der Waals surface area contributed by atoms with E-state index < -0.39 is 29.4 Å². The molecule has 198 valence electrons. The normalized spacial score (nSPS) is 15.8. The monoisotopic (exact) mass is 530 g/mol. The fourth-order valence-corrected chi connectivity index (χ4v) is 4.35. The number of imidazole rings is 1. The first kappa shape index (κ1) is 25.0. The average molecular weight is 530 g/mol. The van der Waals surface area contributed by atoms with E-state index in [1.165, 1.54) is 54.2 Å². The van der Waals surface area contributed by atoms with Crippen molar-refractivity contribution in [3.8, 4) is 11.4 Å². The Morgan fingerprint density at radius 3 is 2.55 bits per heavy atom. The minimum absolute atomic E-state index is 0.0129. The van der Waals surface area contributed by atoms with Gasteiger partial charge < -0.3 is 14.8 Å². The molecule has 5 rings (SSSR count). The molecule has 5 heterocycles. The lowest BCUT2D eigenvalue weighted by Gasteiger charge is -2.26. The highest BCUT2D eigenvalue weighted by atomic mass is 19.4. The number of rotatable bonds is 5. The second-order valence-corrected chi connectivity index (χ2v) is 8.73. The van der Waals surface area contributed by atoms with E-state index in [9.17, 15) is 27.6 Å². The van der Waals surface area contributed by atoms with Crippen molar-refractivity contribution in [2.24, 2.45) is 14.1 Å². The molecule has 1 aliphatic heterocycles. The Morgan fingerprint density at radius 2 is 1.84 bits per heavy atom. The first-order valence-corrected chi connectivity index (χ1v) is 11.4. The zero-order chi connectivity index (χ0) is 27.2. The molecule has 0 radical (unpaired) electrons. The van der Waals surface area contributed by atoms with Crippen molar-refractivity contribution >= 4 is 28.8 Å². The lowest BCUT2D eigenvalue weighted by molar-refractivity contribution is -0.146. The van der Waals surface area contributed by atoms with Crippen LogP contribution < -0.4 is 21.5 Å². The van der Waals surface area contributed by atoms with Crippen molar-refractivity contribution in [2.45, 2.75) is 31.6 Å². The van der Waals surface area contributed by atoms with Gasteiger partial charge in [0.05, 0.1) is 11.9 Å². The highest BCUT2D eigenvalue weighted by Gasteiger charge is 2.46. The van der Waals surface area contributed by atoms with Crippen LogP contribution in [-0.2, 0) is 25.4 Å². The van der Waals surface area contributed by atoms with E-state index >= 15 is 0 Å². The Hall–Kier alpha value is -4.63. The van der Waals surface area contributed by atoms with Gasteiger partial charge in [-0.25, -0.2) is 29.7 Å². The van der Waals surface area contributed by atoms with Crippen molar-refractivity contribution in [1.82, 2.24) is 38.6 Å². The van der Waals surface area contributed by atoms with Crippen LogP contribution in [0.1, 0.15) is 12.8 Å². The Labute approximate surface area is 211 Å². The minimum atomic E-state index is -4.37. The van der Waals surface area contributed by atoms with Crippen molar-refractivity contribution in [2.75, 3.05) is 16.8 Å². The summed E-state index contributed by atoms with van der Waals surface area (Å²) in [5.74, 6) is -0.261. The molecule has 4 aromatic rings. The molecular formula is C22H21F3N10O3. The van der Waals surface area contributed by atoms with E-state index in [0.29, 0.717) is 12.0 Å². The summed E-state index contributed by atoms with van der Waals surface area (Å²) in [6, 6.07) is -0.176. The molecule has 38 heavy (non-hydrogen) atoms. The van der Waals surface area contributed by atoms with E-state index in [0.717, 1.165) is 9.47 Å². The molecule has 0 spiro atoms. The predicted octanol–water partition coefficient (Wildman–Crippen LogP) is 0.850. The summed E-state index contributed by atoms with van der Waals surface area (Å²) in [4.78, 5) is 59.1. The third-order valence-electron chi connectivity index (χ3n) is 6.24. The van der Waals surface area contributed by atoms with Crippen molar-refractivity contribution < 1.29 is 18.0 Å². The average Bonchev–Trinajstić information content (AvgIpc) is 3.54. The topological polar surface area (TPSA) is 146 Å². The molecule has 0 saturated carbocycles. The lowest BCUT2D eigenvalue weighted by Crippen LogP contribution is -2.42. The van der Waals surface area contributed by atoms with E-state index in [4.69, 9.17) is 0 Å². The maximum atomic E-state index is 13.3. The zero-order valence-corrected chi connectivity index (χ0v) is 20.2. The first-order valence-electron chi connectivity index (χ1n) is 11.4. The van der Waals surface area contributed by atoms with Crippen molar-refractivity contribution in [3.05, 3.63) is 51.8 Å². The zero-order valence-electron chi connectivity index (χ0n) is 20.2. The summed E-state index contributed by atoms with van der Waals surface area (Å²) in [6.07, 6.45) is 1.34. The summed E-state index contributed by atoms with van der Waals surface area (Å²) < 4.78 is 43.3. The van der Waals surface area contributed by atoms with Crippen LogP contribution in [-0.4, -0.2) is 63.3 Å². The smallest absolute Gasteiger partial charge is 0.329 e. The number of hydrogen-bond acceptors (Lipinski definition) is 9. The Morgan fingerprint density at radius 1 is 1.11 bits per heavy atom. The van der Waals surface area contributed by atoms with Crippen molar-refractivity contribution in [1.29, 1.82) is 0 Å². The molecule has 1 unspecified atom stereocenters. The van der Waals surface area contributed by atoms with Gasteiger partial charge in [0.1, 0.15) is 18.4 Å². The molecule has 1 amide bonds. The van der Waals surface area contributed by atoms with Gasteiger partial charge in [-0.3, -0.25) is 18.7 Å². The number of carbonyl (C=O) groups is 1. The van der Waals surface area contributed by atoms with E-state index in [1.54, 1.807) is 0 Å². The number of fused-ring (bicyclic) bond motifs is 1. The molecule has 4 aromatic heterocycles. The molecule has 16 heteroatoms.